The summed E-state index contributed by atoms with van der Waals surface area (Å²) in [7, 11) is -3.88. The van der Waals surface area contributed by atoms with Gasteiger partial charge in [0.05, 0.1) is 4.90 Å². The van der Waals surface area contributed by atoms with Gasteiger partial charge in [-0.05, 0) is 47.6 Å². The zero-order valence-corrected chi connectivity index (χ0v) is 16.3. The van der Waals surface area contributed by atoms with Gasteiger partial charge in [-0.2, -0.15) is 4.98 Å². The number of nitrogens with one attached hydrogen (secondary N) is 2. The number of phenolic OH excluding ortho intramolecular Hbond substituents is 1. The number of para-hydroxylation sites is 2. The largest absolute Gasteiger partial charge is 0.506 e. The molecule has 30 heavy (non-hydrogen) atoms. The molecule has 1 heterocycles. The molecule has 0 aliphatic rings. The molecule has 1 aromatic heterocycles. The summed E-state index contributed by atoms with van der Waals surface area (Å²) in [6, 6.07) is 17.5. The number of hydrogen-bond acceptors (Lipinski definition) is 8. The highest BCUT2D eigenvalue weighted by molar-refractivity contribution is 7.92. The maximum absolute atomic E-state index is 12.6. The van der Waals surface area contributed by atoms with E-state index < -0.39 is 10.0 Å². The molecule has 0 unspecified atom stereocenters. The average Bonchev–Trinajstić information content (AvgIpc) is 3.14. The van der Waals surface area contributed by atoms with E-state index >= 15 is 0 Å². The van der Waals surface area contributed by atoms with Crippen molar-refractivity contribution in [2.24, 2.45) is 5.18 Å². The minimum Gasteiger partial charge on any atom is -0.506 e. The topological polar surface area (TPSA) is 134 Å². The zero-order valence-electron chi connectivity index (χ0n) is 15.4. The third kappa shape index (κ3) is 3.94. The zero-order chi connectivity index (χ0) is 21.1. The second kappa shape index (κ2) is 7.84. The fourth-order valence-electron chi connectivity index (χ4n) is 2.86. The predicted molar refractivity (Wildman–Crippen MR) is 112 cm³/mol. The summed E-state index contributed by atoms with van der Waals surface area (Å²) in [5.74, 6) is -0.198. The van der Waals surface area contributed by atoms with E-state index in [4.69, 9.17) is 4.42 Å². The third-order valence-electron chi connectivity index (χ3n) is 4.35. The summed E-state index contributed by atoms with van der Waals surface area (Å²) in [6.45, 7) is 0.225. The minimum atomic E-state index is -3.88. The molecule has 0 radical (unpaired) electrons. The van der Waals surface area contributed by atoms with Gasteiger partial charge in [-0.15, -0.1) is 4.91 Å². The molecule has 0 spiro atoms. The molecular formula is C20H16N4O5S. The Bertz CT molecular complexity index is 1280. The number of phenols is 1. The van der Waals surface area contributed by atoms with Crippen LogP contribution < -0.4 is 10.0 Å². The quantitative estimate of drug-likeness (QED) is 0.376. The molecule has 4 rings (SSSR count). The van der Waals surface area contributed by atoms with E-state index in [1.54, 1.807) is 48.5 Å². The summed E-state index contributed by atoms with van der Waals surface area (Å²) < 4.78 is 32.9. The maximum atomic E-state index is 12.6. The number of benzene rings is 3. The second-order valence-corrected chi connectivity index (χ2v) is 8.03. The molecule has 0 saturated heterocycles. The highest BCUT2D eigenvalue weighted by atomic mass is 32.2. The van der Waals surface area contributed by atoms with Crippen LogP contribution in [0.15, 0.2) is 81.2 Å². The molecule has 4 aromatic rings. The van der Waals surface area contributed by atoms with Crippen LogP contribution in [-0.2, 0) is 16.6 Å². The van der Waals surface area contributed by atoms with E-state index in [1.165, 1.54) is 18.2 Å². The molecule has 3 aromatic carbocycles. The number of anilines is 2. The van der Waals surface area contributed by atoms with Crippen molar-refractivity contribution in [3.63, 3.8) is 0 Å². The fraction of sp³-hybridized carbons (Fsp3) is 0.0500. The summed E-state index contributed by atoms with van der Waals surface area (Å²) >= 11 is 0. The van der Waals surface area contributed by atoms with Crippen molar-refractivity contribution in [3.05, 3.63) is 77.2 Å². The van der Waals surface area contributed by atoms with Crippen LogP contribution in [0.5, 0.6) is 5.75 Å². The highest BCUT2D eigenvalue weighted by Gasteiger charge is 2.18. The van der Waals surface area contributed by atoms with Crippen LogP contribution in [0, 0.1) is 4.91 Å². The van der Waals surface area contributed by atoms with Crippen LogP contribution in [0.25, 0.3) is 11.1 Å². The van der Waals surface area contributed by atoms with Crippen molar-refractivity contribution in [1.82, 2.24) is 4.98 Å². The van der Waals surface area contributed by atoms with E-state index in [2.05, 4.69) is 20.2 Å². The summed E-state index contributed by atoms with van der Waals surface area (Å²) in [4.78, 5) is 15.0. The van der Waals surface area contributed by atoms with Gasteiger partial charge < -0.3 is 14.8 Å². The third-order valence-corrected chi connectivity index (χ3v) is 5.69. The Balaban J connectivity index is 1.47. The first-order valence-corrected chi connectivity index (χ1v) is 10.3. The molecule has 0 saturated carbocycles. The lowest BCUT2D eigenvalue weighted by atomic mass is 10.1. The highest BCUT2D eigenvalue weighted by Crippen LogP contribution is 2.30. The Kier molecular flexibility index (Phi) is 5.07. The number of sulfonamides is 1. The van der Waals surface area contributed by atoms with Crippen LogP contribution in [0.4, 0.5) is 17.4 Å². The summed E-state index contributed by atoms with van der Waals surface area (Å²) in [5.41, 5.74) is 2.12. The Morgan fingerprint density at radius 1 is 1.00 bits per heavy atom. The van der Waals surface area contributed by atoms with Crippen molar-refractivity contribution in [2.45, 2.75) is 11.4 Å². The number of oxazole rings is 1. The van der Waals surface area contributed by atoms with E-state index in [-0.39, 0.29) is 28.9 Å². The molecule has 9 nitrogen and oxygen atoms in total. The van der Waals surface area contributed by atoms with Crippen LogP contribution >= 0.6 is 0 Å². The summed E-state index contributed by atoms with van der Waals surface area (Å²) in [5, 5.41) is 15.6. The fourth-order valence-corrected chi connectivity index (χ4v) is 3.79. The summed E-state index contributed by atoms with van der Waals surface area (Å²) in [6.07, 6.45) is 0. The van der Waals surface area contributed by atoms with Crippen molar-refractivity contribution >= 4 is 38.5 Å². The SMILES string of the molecule is O=Nc1c(O)cccc1CNc1ccc(S(=O)(=O)Nc2nc3ccccc3o2)cc1. The number of nitrogens with zero attached hydrogens (tertiary/aromatic N) is 2. The predicted octanol–water partition coefficient (Wildman–Crippen LogP) is 4.34. The molecular weight excluding hydrogens is 408 g/mol. The molecule has 3 N–H and O–H groups in total. The Morgan fingerprint density at radius 3 is 2.50 bits per heavy atom. The number of rotatable bonds is 7. The molecule has 0 aliphatic heterocycles. The Labute approximate surface area is 171 Å². The lowest BCUT2D eigenvalue weighted by Crippen LogP contribution is -2.13. The number of aromatic nitrogens is 1. The maximum Gasteiger partial charge on any atom is 0.309 e. The number of fused-ring (bicyclic) bond motifs is 1. The molecule has 0 atom stereocenters. The first-order valence-electron chi connectivity index (χ1n) is 8.83. The lowest BCUT2D eigenvalue weighted by molar-refractivity contribution is 0.476. The van der Waals surface area contributed by atoms with Gasteiger partial charge in [0.25, 0.3) is 10.0 Å². The number of nitroso groups, excluding NO2 is 1. The molecule has 0 bridgehead atoms. The molecule has 0 fully saturated rings. The monoisotopic (exact) mass is 424 g/mol. The Morgan fingerprint density at radius 2 is 1.77 bits per heavy atom. The first-order chi connectivity index (χ1) is 14.5. The number of hydrogen-bond donors (Lipinski definition) is 3. The molecule has 0 aliphatic carbocycles. The van der Waals surface area contributed by atoms with Crippen molar-refractivity contribution < 1.29 is 17.9 Å². The van der Waals surface area contributed by atoms with E-state index in [0.29, 0.717) is 22.4 Å². The van der Waals surface area contributed by atoms with E-state index in [9.17, 15) is 18.4 Å². The van der Waals surface area contributed by atoms with Crippen LogP contribution in [0.1, 0.15) is 5.56 Å². The van der Waals surface area contributed by atoms with Crippen molar-refractivity contribution in [3.8, 4) is 5.75 Å². The number of aromatic hydroxyl groups is 1. The minimum absolute atomic E-state index is 0.0305. The van der Waals surface area contributed by atoms with Gasteiger partial charge in [0.1, 0.15) is 11.3 Å². The van der Waals surface area contributed by atoms with E-state index in [1.807, 2.05) is 0 Å². The van der Waals surface area contributed by atoms with Crippen LogP contribution in [-0.4, -0.2) is 18.5 Å². The molecule has 10 heteroatoms. The normalized spacial score (nSPS) is 11.3. The average molecular weight is 424 g/mol. The van der Waals surface area contributed by atoms with Gasteiger partial charge in [0.15, 0.2) is 11.3 Å². The van der Waals surface area contributed by atoms with Crippen LogP contribution in [0.3, 0.4) is 0 Å². The van der Waals surface area contributed by atoms with Gasteiger partial charge in [0, 0.05) is 17.8 Å². The first kappa shape index (κ1) is 19.4. The lowest BCUT2D eigenvalue weighted by Gasteiger charge is -2.10. The van der Waals surface area contributed by atoms with Gasteiger partial charge in [-0.1, -0.05) is 24.3 Å². The van der Waals surface area contributed by atoms with Gasteiger partial charge >= 0.3 is 6.01 Å². The standard InChI is InChI=1S/C20H16N4O5S/c25-17-6-3-4-13(19(17)23-26)12-21-14-8-10-15(11-9-14)30(27,28)24-20-22-16-5-1-2-7-18(16)29-20/h1-11,21,25H,12H2,(H,22,24). The smallest absolute Gasteiger partial charge is 0.309 e. The second-order valence-electron chi connectivity index (χ2n) is 6.35. The molecule has 152 valence electrons. The van der Waals surface area contributed by atoms with Gasteiger partial charge in [-0.25, -0.2) is 13.1 Å². The molecule has 0 amide bonds. The van der Waals surface area contributed by atoms with Gasteiger partial charge in [0.2, 0.25) is 0 Å². The van der Waals surface area contributed by atoms with Crippen molar-refractivity contribution in [1.29, 1.82) is 0 Å². The van der Waals surface area contributed by atoms with Crippen molar-refractivity contribution in [2.75, 3.05) is 10.0 Å². The Hall–Kier alpha value is -3.92. The van der Waals surface area contributed by atoms with E-state index in [0.717, 1.165) is 0 Å². The van der Waals surface area contributed by atoms with Gasteiger partial charge in [-0.3, -0.25) is 0 Å². The van der Waals surface area contributed by atoms with Crippen LogP contribution in [0.2, 0.25) is 0 Å².